The Balaban J connectivity index is 0.00000144. The first-order valence-electron chi connectivity index (χ1n) is 4.08. The number of hydrogen-bond acceptors (Lipinski definition) is 1. The largest absolute Gasteiger partial charge is 0.299 e. The van der Waals surface area contributed by atoms with Crippen LogP contribution >= 0.6 is 33.2 Å². The molecule has 0 amide bonds. The second-order valence-electron chi connectivity index (χ2n) is 2.74. The molecule has 0 radical (unpaired) electrons. The maximum atomic E-state index is 11.2. The molecule has 13 heavy (non-hydrogen) atoms. The third-order valence-electron chi connectivity index (χ3n) is 1.67. The Hall–Kier alpha value is 0.0500. The molecule has 1 atom stereocenters. The van der Waals surface area contributed by atoms with E-state index in [0.29, 0.717) is 18.6 Å². The van der Waals surface area contributed by atoms with E-state index in [1.54, 1.807) is 0 Å². The molecule has 1 aromatic carbocycles. The number of carbonyl (C=O) groups is 1. The topological polar surface area (TPSA) is 17.1 Å². The van der Waals surface area contributed by atoms with Crippen molar-refractivity contribution in [2.45, 2.75) is 12.8 Å². The third kappa shape index (κ3) is 5.37. The minimum absolute atomic E-state index is 0. The van der Waals surface area contributed by atoms with Gasteiger partial charge in [-0.1, -0.05) is 30.3 Å². The lowest BCUT2D eigenvalue weighted by Crippen LogP contribution is -2.02. The lowest BCUT2D eigenvalue weighted by molar-refractivity contribution is -0.118. The van der Waals surface area contributed by atoms with E-state index >= 15 is 0 Å². The van der Waals surface area contributed by atoms with Gasteiger partial charge in [-0.25, -0.2) is 0 Å². The molecule has 0 spiro atoms. The quantitative estimate of drug-likeness (QED) is 0.617. The second kappa shape index (κ2) is 7.45. The average Bonchev–Trinajstić information content (AvgIpc) is 2.06. The average molecular weight is 308 g/mol. The van der Waals surface area contributed by atoms with E-state index in [9.17, 15) is 4.79 Å². The van der Waals surface area contributed by atoms with Crippen molar-refractivity contribution in [3.05, 3.63) is 35.9 Å². The van der Waals surface area contributed by atoms with Gasteiger partial charge in [-0.3, -0.25) is 4.79 Å². The number of hydrogen-bond donors (Lipinski definition) is 0. The molecule has 1 nitrogen and oxygen atoms in total. The SMILES string of the molecule is I.O=C(CCP)Cc1ccccc1. The minimum atomic E-state index is 0. The van der Waals surface area contributed by atoms with Crippen LogP contribution in [0.4, 0.5) is 0 Å². The summed E-state index contributed by atoms with van der Waals surface area (Å²) in [6.45, 7) is 0. The minimum Gasteiger partial charge on any atom is -0.299 e. The highest BCUT2D eigenvalue weighted by molar-refractivity contribution is 14.0. The molecule has 0 aliphatic carbocycles. The van der Waals surface area contributed by atoms with Crippen molar-refractivity contribution in [2.24, 2.45) is 0 Å². The van der Waals surface area contributed by atoms with Crippen molar-refractivity contribution in [3.63, 3.8) is 0 Å². The predicted molar refractivity (Wildman–Crippen MR) is 69.8 cm³/mol. The number of Topliss-reactive ketones (excluding diaryl/α,β-unsaturated/α-hetero) is 1. The van der Waals surface area contributed by atoms with Crippen LogP contribution < -0.4 is 0 Å². The molecular formula is C10H14IOP. The van der Waals surface area contributed by atoms with Crippen molar-refractivity contribution >= 4 is 39.0 Å². The van der Waals surface area contributed by atoms with Gasteiger partial charge < -0.3 is 0 Å². The molecule has 0 heterocycles. The molecule has 0 aliphatic heterocycles. The van der Waals surface area contributed by atoms with Crippen LogP contribution in [0.15, 0.2) is 30.3 Å². The van der Waals surface area contributed by atoms with Gasteiger partial charge >= 0.3 is 0 Å². The van der Waals surface area contributed by atoms with Gasteiger partial charge in [0, 0.05) is 12.8 Å². The molecule has 0 saturated heterocycles. The summed E-state index contributed by atoms with van der Waals surface area (Å²) in [7, 11) is 2.57. The molecule has 0 bridgehead atoms. The lowest BCUT2D eigenvalue weighted by atomic mass is 10.1. The summed E-state index contributed by atoms with van der Waals surface area (Å²) in [6.07, 6.45) is 2.11. The first kappa shape index (κ1) is 13.1. The van der Waals surface area contributed by atoms with Crippen LogP contribution in [0.25, 0.3) is 0 Å². The van der Waals surface area contributed by atoms with E-state index in [-0.39, 0.29) is 24.0 Å². The molecule has 3 heteroatoms. The van der Waals surface area contributed by atoms with Crippen molar-refractivity contribution < 1.29 is 4.79 Å². The maximum absolute atomic E-state index is 11.2. The van der Waals surface area contributed by atoms with Crippen molar-refractivity contribution in [3.8, 4) is 0 Å². The Morgan fingerprint density at radius 2 is 1.85 bits per heavy atom. The lowest BCUT2D eigenvalue weighted by Gasteiger charge is -1.98. The van der Waals surface area contributed by atoms with Crippen LogP contribution in [0, 0.1) is 0 Å². The van der Waals surface area contributed by atoms with Crippen LogP contribution in [0.2, 0.25) is 0 Å². The van der Waals surface area contributed by atoms with Crippen LogP contribution in [0.1, 0.15) is 12.0 Å². The van der Waals surface area contributed by atoms with Gasteiger partial charge in [-0.2, -0.15) is 0 Å². The summed E-state index contributed by atoms with van der Waals surface area (Å²) >= 11 is 0. The van der Waals surface area contributed by atoms with E-state index in [0.717, 1.165) is 11.7 Å². The van der Waals surface area contributed by atoms with Gasteiger partial charge in [0.15, 0.2) is 0 Å². The fourth-order valence-corrected chi connectivity index (χ4v) is 1.39. The van der Waals surface area contributed by atoms with Crippen LogP contribution in [-0.4, -0.2) is 11.9 Å². The molecule has 0 aromatic heterocycles. The zero-order chi connectivity index (χ0) is 8.81. The highest BCUT2D eigenvalue weighted by atomic mass is 127. The fraction of sp³-hybridized carbons (Fsp3) is 0.300. The smallest absolute Gasteiger partial charge is 0.137 e. The summed E-state index contributed by atoms with van der Waals surface area (Å²) in [5, 5.41) is 0. The zero-order valence-electron chi connectivity index (χ0n) is 7.40. The molecule has 0 fully saturated rings. The van der Waals surface area contributed by atoms with Gasteiger partial charge in [0.05, 0.1) is 0 Å². The maximum Gasteiger partial charge on any atom is 0.137 e. The van der Waals surface area contributed by atoms with Crippen molar-refractivity contribution in [2.75, 3.05) is 6.16 Å². The van der Waals surface area contributed by atoms with Gasteiger partial charge in [0.25, 0.3) is 0 Å². The van der Waals surface area contributed by atoms with E-state index in [2.05, 4.69) is 9.24 Å². The number of halogens is 1. The Morgan fingerprint density at radius 3 is 2.38 bits per heavy atom. The molecule has 0 aliphatic rings. The summed E-state index contributed by atoms with van der Waals surface area (Å²) < 4.78 is 0. The monoisotopic (exact) mass is 308 g/mol. The highest BCUT2D eigenvalue weighted by Crippen LogP contribution is 2.02. The van der Waals surface area contributed by atoms with Gasteiger partial charge in [-0.05, 0) is 11.7 Å². The molecule has 1 aromatic rings. The molecule has 72 valence electrons. The molecule has 0 N–H and O–H groups in total. The number of ketones is 1. The highest BCUT2D eigenvalue weighted by Gasteiger charge is 2.00. The van der Waals surface area contributed by atoms with Crippen molar-refractivity contribution in [1.82, 2.24) is 0 Å². The van der Waals surface area contributed by atoms with Crippen LogP contribution in [-0.2, 0) is 11.2 Å². The van der Waals surface area contributed by atoms with E-state index in [1.807, 2.05) is 30.3 Å². The molecule has 1 rings (SSSR count). The normalized spacial score (nSPS) is 9.00. The third-order valence-corrected chi connectivity index (χ3v) is 1.96. The van der Waals surface area contributed by atoms with Crippen LogP contribution in [0.3, 0.4) is 0 Å². The summed E-state index contributed by atoms with van der Waals surface area (Å²) in [5.74, 6) is 0.316. The molecule has 1 unspecified atom stereocenters. The summed E-state index contributed by atoms with van der Waals surface area (Å²) in [5.41, 5.74) is 1.11. The molecule has 0 saturated carbocycles. The number of rotatable bonds is 4. The van der Waals surface area contributed by atoms with E-state index in [4.69, 9.17) is 0 Å². The van der Waals surface area contributed by atoms with E-state index in [1.165, 1.54) is 0 Å². The van der Waals surface area contributed by atoms with E-state index < -0.39 is 0 Å². The van der Waals surface area contributed by atoms with Gasteiger partial charge in [-0.15, -0.1) is 33.2 Å². The Bertz CT molecular complexity index is 248. The zero-order valence-corrected chi connectivity index (χ0v) is 10.9. The van der Waals surface area contributed by atoms with Crippen molar-refractivity contribution in [1.29, 1.82) is 0 Å². The predicted octanol–water partition coefficient (Wildman–Crippen LogP) is 2.68. The van der Waals surface area contributed by atoms with Gasteiger partial charge in [0.1, 0.15) is 5.78 Å². The van der Waals surface area contributed by atoms with Gasteiger partial charge in [0.2, 0.25) is 0 Å². The number of benzene rings is 1. The fourth-order valence-electron chi connectivity index (χ4n) is 1.07. The Morgan fingerprint density at radius 1 is 1.23 bits per heavy atom. The summed E-state index contributed by atoms with van der Waals surface area (Å²) in [6, 6.07) is 9.86. The number of carbonyl (C=O) groups excluding carboxylic acids is 1. The second-order valence-corrected chi connectivity index (χ2v) is 3.32. The first-order chi connectivity index (χ1) is 5.83. The Labute approximate surface area is 98.5 Å². The standard InChI is InChI=1S/C10H13OP.HI/c11-10(6-7-12)8-9-4-2-1-3-5-9;/h1-5H,6-8,12H2;1H. The Kier molecular flexibility index (Phi) is 7.48. The molecular weight excluding hydrogens is 294 g/mol. The first-order valence-corrected chi connectivity index (χ1v) is 4.90. The summed E-state index contributed by atoms with van der Waals surface area (Å²) in [4.78, 5) is 11.2. The van der Waals surface area contributed by atoms with Crippen LogP contribution in [0.5, 0.6) is 0 Å².